The molecular weight excluding hydrogens is 296 g/mol. The van der Waals surface area contributed by atoms with Gasteiger partial charge in [-0.05, 0) is 18.6 Å². The highest BCUT2D eigenvalue weighted by molar-refractivity contribution is 6.49. The van der Waals surface area contributed by atoms with Crippen molar-refractivity contribution in [2.45, 2.75) is 6.42 Å². The lowest BCUT2D eigenvalue weighted by Gasteiger charge is -2.16. The quantitative estimate of drug-likeness (QED) is 0.271. The van der Waals surface area contributed by atoms with Crippen molar-refractivity contribution in [1.29, 1.82) is 0 Å². The van der Waals surface area contributed by atoms with Crippen LogP contribution in [0, 0.1) is 0 Å². The van der Waals surface area contributed by atoms with Gasteiger partial charge in [0, 0.05) is 25.4 Å². The largest absolute Gasteiger partial charge is 0.491 e. The van der Waals surface area contributed by atoms with Crippen molar-refractivity contribution in [3.63, 3.8) is 0 Å². The third kappa shape index (κ3) is 4.19. The van der Waals surface area contributed by atoms with Crippen LogP contribution in [-0.4, -0.2) is 35.1 Å². The standard InChI is InChI=1S/C16H18N4O3/c1-3-4-9-23-15-11-12(14(21)10-13(15)17-2)18-19-16-7-5-6-8-20(16)22/h3,5-8,10-11,17,22H,1,4,9H2,2H3. The molecule has 0 radical (unpaired) electrons. The number of hydrogen-bond donors (Lipinski definition) is 2. The molecule has 2 rings (SSSR count). The molecule has 1 aromatic rings. The molecule has 0 unspecified atom stereocenters. The minimum atomic E-state index is -0.297. The third-order valence-electron chi connectivity index (χ3n) is 2.99. The molecular formula is C16H18N4O3. The third-order valence-corrected chi connectivity index (χ3v) is 2.99. The Morgan fingerprint density at radius 1 is 1.39 bits per heavy atom. The molecule has 1 aliphatic carbocycles. The molecule has 0 spiro atoms. The molecule has 0 aromatic carbocycles. The fourth-order valence-corrected chi connectivity index (χ4v) is 1.80. The maximum Gasteiger partial charge on any atom is 0.208 e. The van der Waals surface area contributed by atoms with Gasteiger partial charge in [0.25, 0.3) is 0 Å². The molecule has 1 aromatic heterocycles. The molecule has 120 valence electrons. The summed E-state index contributed by atoms with van der Waals surface area (Å²) in [7, 11) is 1.70. The summed E-state index contributed by atoms with van der Waals surface area (Å²) in [6, 6.07) is 4.91. The topological polar surface area (TPSA) is 88.2 Å². The van der Waals surface area contributed by atoms with Crippen LogP contribution in [0.3, 0.4) is 0 Å². The second kappa shape index (κ2) is 7.79. The van der Waals surface area contributed by atoms with Gasteiger partial charge in [0.1, 0.15) is 11.5 Å². The first kappa shape index (κ1) is 16.3. The van der Waals surface area contributed by atoms with Crippen molar-refractivity contribution < 1.29 is 14.7 Å². The summed E-state index contributed by atoms with van der Waals surface area (Å²) in [5, 5.41) is 20.3. The zero-order chi connectivity index (χ0) is 16.7. The molecule has 0 atom stereocenters. The summed E-state index contributed by atoms with van der Waals surface area (Å²) in [4.78, 5) is 12.1. The van der Waals surface area contributed by atoms with Crippen LogP contribution in [0.25, 0.3) is 0 Å². The first-order chi connectivity index (χ1) is 11.2. The van der Waals surface area contributed by atoms with E-state index in [2.05, 4.69) is 22.1 Å². The number of ether oxygens (including phenoxy) is 1. The summed E-state index contributed by atoms with van der Waals surface area (Å²) >= 11 is 0. The van der Waals surface area contributed by atoms with Crippen LogP contribution >= 0.6 is 0 Å². The Morgan fingerprint density at radius 3 is 2.91 bits per heavy atom. The van der Waals surface area contributed by atoms with Crippen LogP contribution in [0.15, 0.2) is 70.9 Å². The van der Waals surface area contributed by atoms with Crippen LogP contribution in [0.1, 0.15) is 6.42 Å². The average molecular weight is 314 g/mol. The monoisotopic (exact) mass is 314 g/mol. The normalized spacial score (nSPS) is 16.8. The number of allylic oxidation sites excluding steroid dienone is 2. The molecule has 0 saturated heterocycles. The second-order valence-corrected chi connectivity index (χ2v) is 4.60. The van der Waals surface area contributed by atoms with Crippen LogP contribution in [0.5, 0.6) is 0 Å². The maximum atomic E-state index is 12.1. The van der Waals surface area contributed by atoms with Crippen molar-refractivity contribution in [3.8, 4) is 0 Å². The summed E-state index contributed by atoms with van der Waals surface area (Å²) in [5.74, 6) is 0.211. The minimum Gasteiger partial charge on any atom is -0.491 e. The number of carbonyl (C=O) groups excluding carboxylic acids is 1. The molecule has 7 heteroatoms. The molecule has 1 aliphatic rings. The van der Waals surface area contributed by atoms with Gasteiger partial charge in [-0.15, -0.1) is 16.8 Å². The first-order valence-electron chi connectivity index (χ1n) is 7.04. The van der Waals surface area contributed by atoms with Crippen LogP contribution in [-0.2, 0) is 9.53 Å². The Labute approximate surface area is 133 Å². The predicted octanol–water partition coefficient (Wildman–Crippen LogP) is 1.14. The Morgan fingerprint density at radius 2 is 2.22 bits per heavy atom. The highest BCUT2D eigenvalue weighted by Crippen LogP contribution is 2.15. The lowest BCUT2D eigenvalue weighted by molar-refractivity contribution is -0.109. The Bertz CT molecular complexity index is 757. The van der Waals surface area contributed by atoms with E-state index >= 15 is 0 Å². The fraction of sp³-hybridized carbons (Fsp3) is 0.188. The molecule has 1 heterocycles. The van der Waals surface area contributed by atoms with E-state index in [1.165, 1.54) is 18.3 Å². The number of nitrogens with one attached hydrogen (secondary N) is 1. The van der Waals surface area contributed by atoms with E-state index in [4.69, 9.17) is 4.74 Å². The number of pyridine rings is 1. The molecule has 0 fully saturated rings. The van der Waals surface area contributed by atoms with Gasteiger partial charge >= 0.3 is 0 Å². The summed E-state index contributed by atoms with van der Waals surface area (Å²) in [5.41, 5.74) is 0.912. The summed E-state index contributed by atoms with van der Waals surface area (Å²) in [6.07, 6.45) is 6.77. The molecule has 7 nitrogen and oxygen atoms in total. The van der Waals surface area contributed by atoms with E-state index in [1.807, 2.05) is 0 Å². The fourth-order valence-electron chi connectivity index (χ4n) is 1.80. The van der Waals surface area contributed by atoms with Gasteiger partial charge < -0.3 is 15.3 Å². The molecule has 0 aliphatic heterocycles. The van der Waals surface area contributed by atoms with Gasteiger partial charge in [0.05, 0.1) is 12.3 Å². The number of hydrogen-bond acceptors (Lipinski definition) is 6. The van der Waals surface area contributed by atoms with E-state index in [-0.39, 0.29) is 17.0 Å². The van der Waals surface area contributed by atoms with E-state index < -0.39 is 0 Å². The zero-order valence-corrected chi connectivity index (χ0v) is 12.8. The van der Waals surface area contributed by atoms with Crippen molar-refractivity contribution in [2.24, 2.45) is 10.2 Å². The highest BCUT2D eigenvalue weighted by Gasteiger charge is 2.19. The molecule has 2 N–H and O–H groups in total. The Hall–Kier alpha value is -3.09. The number of rotatable bonds is 6. The number of likely N-dealkylation sites (N-methyl/N-ethyl adjacent to an activating group) is 1. The number of ketones is 1. The molecule has 0 saturated carbocycles. The average Bonchev–Trinajstić information content (AvgIpc) is 2.56. The lowest BCUT2D eigenvalue weighted by Crippen LogP contribution is -2.23. The molecule has 0 amide bonds. The van der Waals surface area contributed by atoms with Crippen LogP contribution < -0.4 is 10.8 Å². The highest BCUT2D eigenvalue weighted by atomic mass is 16.5. The second-order valence-electron chi connectivity index (χ2n) is 4.60. The zero-order valence-electron chi connectivity index (χ0n) is 12.8. The van der Waals surface area contributed by atoms with E-state index in [1.54, 1.807) is 31.3 Å². The van der Waals surface area contributed by atoms with Crippen LogP contribution in [0.2, 0.25) is 0 Å². The van der Waals surface area contributed by atoms with Gasteiger partial charge in [0.2, 0.25) is 5.78 Å². The summed E-state index contributed by atoms with van der Waals surface area (Å²) in [6.45, 7) is 4.08. The van der Waals surface area contributed by atoms with Gasteiger partial charge in [-0.2, -0.15) is 4.73 Å². The Balaban J connectivity index is 2.31. The van der Waals surface area contributed by atoms with Crippen molar-refractivity contribution >= 4 is 11.5 Å². The van der Waals surface area contributed by atoms with Crippen LogP contribution in [0.4, 0.5) is 0 Å². The van der Waals surface area contributed by atoms with Crippen molar-refractivity contribution in [1.82, 2.24) is 10.0 Å². The van der Waals surface area contributed by atoms with E-state index in [0.29, 0.717) is 24.5 Å². The van der Waals surface area contributed by atoms with E-state index in [0.717, 1.165) is 4.73 Å². The SMILES string of the molecule is C=CCCOC1=CC(=NN=c2ccccn2O)C(=O)C=C1NC. The van der Waals surface area contributed by atoms with Crippen molar-refractivity contribution in [2.75, 3.05) is 13.7 Å². The van der Waals surface area contributed by atoms with Crippen molar-refractivity contribution in [3.05, 3.63) is 66.1 Å². The Kier molecular flexibility index (Phi) is 5.51. The number of carbonyl (C=O) groups is 1. The van der Waals surface area contributed by atoms with Gasteiger partial charge in [0.15, 0.2) is 5.49 Å². The van der Waals surface area contributed by atoms with Gasteiger partial charge in [-0.3, -0.25) is 4.79 Å². The first-order valence-corrected chi connectivity index (χ1v) is 7.04. The van der Waals surface area contributed by atoms with E-state index in [9.17, 15) is 10.0 Å². The smallest absolute Gasteiger partial charge is 0.208 e. The lowest BCUT2D eigenvalue weighted by atomic mass is 10.1. The van der Waals surface area contributed by atoms with Gasteiger partial charge in [-0.25, -0.2) is 0 Å². The molecule has 23 heavy (non-hydrogen) atoms. The summed E-state index contributed by atoms with van der Waals surface area (Å²) < 4.78 is 6.43. The molecule has 0 bridgehead atoms. The maximum absolute atomic E-state index is 12.1. The minimum absolute atomic E-state index is 0.126. The number of nitrogens with zero attached hydrogens (tertiary/aromatic N) is 3. The predicted molar refractivity (Wildman–Crippen MR) is 85.6 cm³/mol. The van der Waals surface area contributed by atoms with Gasteiger partial charge in [-0.1, -0.05) is 12.1 Å². The number of aromatic nitrogens is 1.